The van der Waals surface area contributed by atoms with Crippen molar-refractivity contribution in [2.24, 2.45) is 7.05 Å². The van der Waals surface area contributed by atoms with E-state index in [1.165, 1.54) is 17.0 Å². The number of nitro groups is 1. The third kappa shape index (κ3) is 2.67. The Labute approximate surface area is 106 Å². The van der Waals surface area contributed by atoms with Crippen molar-refractivity contribution in [2.75, 3.05) is 5.32 Å². The topological polar surface area (TPSA) is 73.0 Å². The van der Waals surface area contributed by atoms with Gasteiger partial charge in [-0.15, -0.1) is 0 Å². The van der Waals surface area contributed by atoms with Gasteiger partial charge >= 0.3 is 5.82 Å². The average Bonchev–Trinajstić information content (AvgIpc) is 2.70. The van der Waals surface area contributed by atoms with Crippen LogP contribution in [0.1, 0.15) is 5.56 Å². The normalized spacial score (nSPS) is 10.5. The molecule has 0 bridgehead atoms. The molecule has 19 heavy (non-hydrogen) atoms. The Morgan fingerprint density at radius 2 is 2.21 bits per heavy atom. The molecule has 0 amide bonds. The van der Waals surface area contributed by atoms with Crippen molar-refractivity contribution in [3.8, 4) is 0 Å². The highest BCUT2D eigenvalue weighted by molar-refractivity contribution is 5.52. The van der Waals surface area contributed by atoms with E-state index < -0.39 is 16.6 Å². The number of halogens is 2. The molecule has 100 valence electrons. The van der Waals surface area contributed by atoms with Gasteiger partial charge in [0.05, 0.1) is 0 Å². The van der Waals surface area contributed by atoms with Crippen LogP contribution in [0.15, 0.2) is 24.5 Å². The van der Waals surface area contributed by atoms with Crippen LogP contribution in [-0.2, 0) is 13.6 Å². The van der Waals surface area contributed by atoms with E-state index in [0.717, 1.165) is 12.1 Å². The Hall–Kier alpha value is -2.51. The van der Waals surface area contributed by atoms with Crippen LogP contribution < -0.4 is 5.32 Å². The van der Waals surface area contributed by atoms with Crippen LogP contribution in [0.2, 0.25) is 0 Å². The molecule has 0 aliphatic heterocycles. The predicted octanol–water partition coefficient (Wildman–Crippen LogP) is 2.22. The highest BCUT2D eigenvalue weighted by Crippen LogP contribution is 2.22. The number of benzene rings is 1. The molecular formula is C11H10F2N4O2. The monoisotopic (exact) mass is 268 g/mol. The van der Waals surface area contributed by atoms with E-state index in [1.807, 2.05) is 0 Å². The van der Waals surface area contributed by atoms with E-state index in [0.29, 0.717) is 0 Å². The maximum Gasteiger partial charge on any atom is 0.406 e. The molecule has 2 aromatic rings. The molecule has 0 fully saturated rings. The first kappa shape index (κ1) is 12.9. The second-order valence-electron chi connectivity index (χ2n) is 3.87. The summed E-state index contributed by atoms with van der Waals surface area (Å²) in [5, 5.41) is 13.4. The van der Waals surface area contributed by atoms with Crippen LogP contribution in [0.4, 0.5) is 20.4 Å². The lowest BCUT2D eigenvalue weighted by Gasteiger charge is -2.07. The highest BCUT2D eigenvalue weighted by atomic mass is 19.1. The van der Waals surface area contributed by atoms with Gasteiger partial charge in [0.15, 0.2) is 0 Å². The summed E-state index contributed by atoms with van der Waals surface area (Å²) >= 11 is 0. The minimum Gasteiger partial charge on any atom is -0.360 e. The molecule has 0 atom stereocenters. The van der Waals surface area contributed by atoms with Crippen LogP contribution in [-0.4, -0.2) is 14.5 Å². The summed E-state index contributed by atoms with van der Waals surface area (Å²) in [6.07, 6.45) is 1.28. The number of hydrogen-bond donors (Lipinski definition) is 1. The van der Waals surface area contributed by atoms with E-state index in [1.54, 1.807) is 7.05 Å². The van der Waals surface area contributed by atoms with Crippen molar-refractivity contribution in [1.29, 1.82) is 0 Å². The van der Waals surface area contributed by atoms with Crippen LogP contribution in [0.3, 0.4) is 0 Å². The Morgan fingerprint density at radius 1 is 1.47 bits per heavy atom. The quantitative estimate of drug-likeness (QED) is 0.681. The fraction of sp³-hybridized carbons (Fsp3) is 0.182. The summed E-state index contributed by atoms with van der Waals surface area (Å²) in [7, 11) is 1.57. The van der Waals surface area contributed by atoms with E-state index >= 15 is 0 Å². The van der Waals surface area contributed by atoms with Gasteiger partial charge < -0.3 is 15.4 Å². The smallest absolute Gasteiger partial charge is 0.360 e. The first-order chi connectivity index (χ1) is 8.99. The van der Waals surface area contributed by atoms with E-state index in [-0.39, 0.29) is 23.7 Å². The number of nitrogens with zero attached hydrogens (tertiary/aromatic N) is 3. The Balaban J connectivity index is 2.19. The molecule has 0 unspecified atom stereocenters. The molecule has 1 N–H and O–H groups in total. The molecule has 6 nitrogen and oxygen atoms in total. The molecular weight excluding hydrogens is 258 g/mol. The van der Waals surface area contributed by atoms with Crippen LogP contribution in [0.25, 0.3) is 0 Å². The Morgan fingerprint density at radius 3 is 2.84 bits per heavy atom. The molecule has 0 saturated carbocycles. The third-order valence-electron chi connectivity index (χ3n) is 2.55. The summed E-state index contributed by atoms with van der Waals surface area (Å²) in [6.45, 7) is -0.00745. The van der Waals surface area contributed by atoms with Crippen LogP contribution in [0, 0.1) is 21.7 Å². The summed E-state index contributed by atoms with van der Waals surface area (Å²) in [5.41, 5.74) is 0.205. The number of nitrogens with one attached hydrogen (secondary N) is 1. The number of rotatable bonds is 4. The minimum absolute atomic E-state index is 0.00745. The SMILES string of the molecule is Cn1cnc([N+](=O)[O-])c1NCc1ccc(F)cc1F. The molecule has 8 heteroatoms. The van der Waals surface area contributed by atoms with Gasteiger partial charge in [-0.2, -0.15) is 0 Å². The summed E-state index contributed by atoms with van der Waals surface area (Å²) < 4.78 is 27.6. The molecule has 0 saturated heterocycles. The molecule has 1 heterocycles. The van der Waals surface area contributed by atoms with Gasteiger partial charge in [0.1, 0.15) is 11.6 Å². The lowest BCUT2D eigenvalue weighted by atomic mass is 10.2. The number of aromatic nitrogens is 2. The Bertz CT molecular complexity index is 627. The summed E-state index contributed by atoms with van der Waals surface area (Å²) in [4.78, 5) is 13.7. The second kappa shape index (κ2) is 5.01. The minimum atomic E-state index is -0.711. The summed E-state index contributed by atoms with van der Waals surface area (Å²) in [6, 6.07) is 3.16. The first-order valence-corrected chi connectivity index (χ1v) is 5.32. The standard InChI is InChI=1S/C11H10F2N4O2/c1-16-6-15-11(17(18)19)10(16)14-5-7-2-3-8(12)4-9(7)13/h2-4,6,14H,5H2,1H3. The van der Waals surface area contributed by atoms with Gasteiger partial charge in [-0.05, 0) is 16.0 Å². The largest absolute Gasteiger partial charge is 0.406 e. The predicted molar refractivity (Wildman–Crippen MR) is 63.5 cm³/mol. The van der Waals surface area contributed by atoms with Crippen LogP contribution in [0.5, 0.6) is 0 Å². The zero-order chi connectivity index (χ0) is 14.0. The van der Waals surface area contributed by atoms with E-state index in [9.17, 15) is 18.9 Å². The molecule has 0 aliphatic rings. The van der Waals surface area contributed by atoms with Gasteiger partial charge in [0, 0.05) is 25.2 Å². The molecule has 0 radical (unpaired) electrons. The average molecular weight is 268 g/mol. The van der Waals surface area contributed by atoms with Crippen molar-refractivity contribution < 1.29 is 13.7 Å². The fourth-order valence-electron chi connectivity index (χ4n) is 1.60. The number of anilines is 1. The maximum absolute atomic E-state index is 13.4. The highest BCUT2D eigenvalue weighted by Gasteiger charge is 2.19. The number of aryl methyl sites for hydroxylation is 1. The van der Waals surface area contributed by atoms with Crippen molar-refractivity contribution in [1.82, 2.24) is 9.55 Å². The zero-order valence-electron chi connectivity index (χ0n) is 9.93. The van der Waals surface area contributed by atoms with Crippen LogP contribution >= 0.6 is 0 Å². The molecule has 0 aliphatic carbocycles. The fourth-order valence-corrected chi connectivity index (χ4v) is 1.60. The van der Waals surface area contributed by atoms with Crippen molar-refractivity contribution in [3.05, 3.63) is 51.8 Å². The lowest BCUT2D eigenvalue weighted by molar-refractivity contribution is -0.388. The number of imidazole rings is 1. The van der Waals surface area contributed by atoms with Gasteiger partial charge in [-0.25, -0.2) is 8.78 Å². The maximum atomic E-state index is 13.4. The van der Waals surface area contributed by atoms with Crippen molar-refractivity contribution in [3.63, 3.8) is 0 Å². The molecule has 1 aromatic carbocycles. The molecule has 0 spiro atoms. The Kier molecular flexibility index (Phi) is 3.41. The first-order valence-electron chi connectivity index (χ1n) is 5.32. The molecule has 1 aromatic heterocycles. The van der Waals surface area contributed by atoms with E-state index in [4.69, 9.17) is 0 Å². The third-order valence-corrected chi connectivity index (χ3v) is 2.55. The number of hydrogen-bond acceptors (Lipinski definition) is 4. The zero-order valence-corrected chi connectivity index (χ0v) is 9.93. The van der Waals surface area contributed by atoms with E-state index in [2.05, 4.69) is 10.3 Å². The van der Waals surface area contributed by atoms with Gasteiger partial charge in [-0.3, -0.25) is 4.57 Å². The van der Waals surface area contributed by atoms with Gasteiger partial charge in [0.2, 0.25) is 12.1 Å². The van der Waals surface area contributed by atoms with Crippen molar-refractivity contribution >= 4 is 11.6 Å². The summed E-state index contributed by atoms with van der Waals surface area (Å²) in [5.74, 6) is -1.57. The van der Waals surface area contributed by atoms with Gasteiger partial charge in [-0.1, -0.05) is 6.07 Å². The molecule has 2 rings (SSSR count). The van der Waals surface area contributed by atoms with Gasteiger partial charge in [0.25, 0.3) is 0 Å². The van der Waals surface area contributed by atoms with Crippen molar-refractivity contribution in [2.45, 2.75) is 6.54 Å². The second-order valence-corrected chi connectivity index (χ2v) is 3.87. The lowest BCUT2D eigenvalue weighted by Crippen LogP contribution is -2.07.